The molecule has 0 radical (unpaired) electrons. The maximum Gasteiger partial charge on any atom is 0.163 e. The van der Waals surface area contributed by atoms with Crippen LogP contribution in [0.1, 0.15) is 22.8 Å². The van der Waals surface area contributed by atoms with Crippen molar-refractivity contribution in [3.8, 4) is 16.9 Å². The zero-order chi connectivity index (χ0) is 16.9. The molecule has 0 fully saturated rings. The van der Waals surface area contributed by atoms with E-state index in [0.29, 0.717) is 22.9 Å². The van der Waals surface area contributed by atoms with E-state index in [-0.39, 0.29) is 5.78 Å². The summed E-state index contributed by atoms with van der Waals surface area (Å²) < 4.78 is 5.92. The molecule has 0 N–H and O–H groups in total. The lowest BCUT2D eigenvalue weighted by Crippen LogP contribution is -2.02. The van der Waals surface area contributed by atoms with Gasteiger partial charge in [0.25, 0.3) is 0 Å². The molecule has 0 atom stereocenters. The molecule has 0 bridgehead atoms. The fraction of sp³-hybridized carbons (Fsp3) is 0.0952. The molecule has 3 heteroatoms. The number of hydrogen-bond donors (Lipinski definition) is 0. The van der Waals surface area contributed by atoms with Gasteiger partial charge in [0.1, 0.15) is 12.4 Å². The number of benzene rings is 3. The van der Waals surface area contributed by atoms with Crippen LogP contribution in [0, 0.1) is 0 Å². The van der Waals surface area contributed by atoms with E-state index in [4.69, 9.17) is 16.3 Å². The van der Waals surface area contributed by atoms with Gasteiger partial charge in [-0.3, -0.25) is 4.79 Å². The van der Waals surface area contributed by atoms with Gasteiger partial charge in [-0.2, -0.15) is 0 Å². The number of carbonyl (C=O) groups excluding carboxylic acids is 1. The number of ether oxygens (including phenoxy) is 1. The van der Waals surface area contributed by atoms with Crippen LogP contribution in [0.5, 0.6) is 5.75 Å². The van der Waals surface area contributed by atoms with Gasteiger partial charge in [0, 0.05) is 10.6 Å². The highest BCUT2D eigenvalue weighted by Gasteiger charge is 2.12. The summed E-state index contributed by atoms with van der Waals surface area (Å²) in [6, 6.07) is 23.1. The molecule has 2 nitrogen and oxygen atoms in total. The largest absolute Gasteiger partial charge is 0.488 e. The molecule has 3 aromatic rings. The molecule has 3 rings (SSSR count). The third-order valence-electron chi connectivity index (χ3n) is 3.78. The lowest BCUT2D eigenvalue weighted by Gasteiger charge is -2.13. The number of ketones is 1. The second kappa shape index (κ2) is 7.33. The molecule has 24 heavy (non-hydrogen) atoms. The van der Waals surface area contributed by atoms with Crippen molar-refractivity contribution in [2.75, 3.05) is 0 Å². The Morgan fingerprint density at radius 3 is 2.38 bits per heavy atom. The minimum atomic E-state index is -0.0243. The first-order chi connectivity index (χ1) is 11.6. The third-order valence-corrected chi connectivity index (χ3v) is 4.11. The number of carbonyl (C=O) groups is 1. The van der Waals surface area contributed by atoms with E-state index in [1.807, 2.05) is 66.7 Å². The summed E-state index contributed by atoms with van der Waals surface area (Å²) in [4.78, 5) is 11.9. The van der Waals surface area contributed by atoms with Gasteiger partial charge in [0.15, 0.2) is 5.78 Å². The molecule has 0 spiro atoms. The van der Waals surface area contributed by atoms with Gasteiger partial charge in [-0.25, -0.2) is 0 Å². The van der Waals surface area contributed by atoms with Crippen molar-refractivity contribution in [3.05, 3.63) is 88.9 Å². The normalized spacial score (nSPS) is 10.4. The average Bonchev–Trinajstić information content (AvgIpc) is 2.61. The van der Waals surface area contributed by atoms with Crippen molar-refractivity contribution in [3.63, 3.8) is 0 Å². The van der Waals surface area contributed by atoms with Crippen LogP contribution in [0.2, 0.25) is 5.02 Å². The Labute approximate surface area is 146 Å². The summed E-state index contributed by atoms with van der Waals surface area (Å²) in [5.74, 6) is 0.549. The second-order valence-electron chi connectivity index (χ2n) is 5.52. The van der Waals surface area contributed by atoms with Crippen LogP contribution in [-0.2, 0) is 6.61 Å². The first kappa shape index (κ1) is 16.3. The predicted octanol–water partition coefficient (Wildman–Crippen LogP) is 5.79. The van der Waals surface area contributed by atoms with Crippen LogP contribution in [0.15, 0.2) is 72.8 Å². The van der Waals surface area contributed by atoms with Crippen LogP contribution in [0.3, 0.4) is 0 Å². The fourth-order valence-electron chi connectivity index (χ4n) is 2.53. The van der Waals surface area contributed by atoms with Gasteiger partial charge in [-0.15, -0.1) is 0 Å². The van der Waals surface area contributed by atoms with Gasteiger partial charge in [-0.1, -0.05) is 66.2 Å². The Bertz CT molecular complexity index is 857. The molecule has 0 aliphatic carbocycles. The Hall–Kier alpha value is -2.58. The Morgan fingerprint density at radius 2 is 1.67 bits per heavy atom. The number of halogens is 1. The van der Waals surface area contributed by atoms with E-state index in [2.05, 4.69) is 0 Å². The van der Waals surface area contributed by atoms with Crippen molar-refractivity contribution in [2.24, 2.45) is 0 Å². The molecule has 0 aliphatic heterocycles. The summed E-state index contributed by atoms with van der Waals surface area (Å²) in [5, 5.41) is 0.669. The monoisotopic (exact) mass is 336 g/mol. The highest BCUT2D eigenvalue weighted by Crippen LogP contribution is 2.32. The maximum atomic E-state index is 11.9. The Kier molecular flexibility index (Phi) is 4.97. The topological polar surface area (TPSA) is 26.3 Å². The first-order valence-corrected chi connectivity index (χ1v) is 8.09. The van der Waals surface area contributed by atoms with Crippen LogP contribution in [0.25, 0.3) is 11.1 Å². The van der Waals surface area contributed by atoms with E-state index in [1.165, 1.54) is 0 Å². The first-order valence-electron chi connectivity index (χ1n) is 7.72. The van der Waals surface area contributed by atoms with E-state index in [0.717, 1.165) is 16.7 Å². The van der Waals surface area contributed by atoms with E-state index < -0.39 is 0 Å². The highest BCUT2D eigenvalue weighted by molar-refractivity contribution is 6.33. The van der Waals surface area contributed by atoms with Crippen LogP contribution >= 0.6 is 11.6 Å². The third kappa shape index (κ3) is 3.66. The highest BCUT2D eigenvalue weighted by atomic mass is 35.5. The molecule has 0 aliphatic rings. The fourth-order valence-corrected chi connectivity index (χ4v) is 2.78. The lowest BCUT2D eigenvalue weighted by molar-refractivity contribution is 0.101. The summed E-state index contributed by atoms with van der Waals surface area (Å²) in [7, 11) is 0. The van der Waals surface area contributed by atoms with E-state index in [1.54, 1.807) is 13.0 Å². The van der Waals surface area contributed by atoms with Crippen molar-refractivity contribution in [1.29, 1.82) is 0 Å². The molecule has 3 aromatic carbocycles. The van der Waals surface area contributed by atoms with E-state index >= 15 is 0 Å². The Morgan fingerprint density at radius 1 is 0.958 bits per heavy atom. The average molecular weight is 337 g/mol. The molecule has 0 unspecified atom stereocenters. The maximum absolute atomic E-state index is 11.9. The summed E-state index contributed by atoms with van der Waals surface area (Å²) in [5.41, 5.74) is 3.46. The lowest BCUT2D eigenvalue weighted by atomic mass is 10.0. The summed E-state index contributed by atoms with van der Waals surface area (Å²) in [6.45, 7) is 1.95. The minimum Gasteiger partial charge on any atom is -0.488 e. The Balaban J connectivity index is 1.95. The van der Waals surface area contributed by atoms with Gasteiger partial charge >= 0.3 is 0 Å². The van der Waals surface area contributed by atoms with Crippen LogP contribution < -0.4 is 4.74 Å². The minimum absolute atomic E-state index is 0.0243. The summed E-state index contributed by atoms with van der Waals surface area (Å²) in [6.07, 6.45) is 0. The van der Waals surface area contributed by atoms with Crippen molar-refractivity contribution in [2.45, 2.75) is 13.5 Å². The van der Waals surface area contributed by atoms with Crippen LogP contribution in [0.4, 0.5) is 0 Å². The smallest absolute Gasteiger partial charge is 0.163 e. The van der Waals surface area contributed by atoms with Gasteiger partial charge < -0.3 is 4.74 Å². The summed E-state index contributed by atoms with van der Waals surface area (Å²) >= 11 is 6.28. The van der Waals surface area contributed by atoms with Crippen LogP contribution in [-0.4, -0.2) is 5.78 Å². The molecule has 0 amide bonds. The van der Waals surface area contributed by atoms with Crippen molar-refractivity contribution < 1.29 is 9.53 Å². The van der Waals surface area contributed by atoms with Gasteiger partial charge in [0.2, 0.25) is 0 Å². The molecule has 0 heterocycles. The zero-order valence-corrected chi connectivity index (χ0v) is 14.1. The SMILES string of the molecule is CC(=O)c1ccc(-c2ccccc2Cl)cc1OCc1ccccc1. The molecule has 0 saturated heterocycles. The van der Waals surface area contributed by atoms with Gasteiger partial charge in [-0.05, 0) is 36.2 Å². The molecule has 0 aromatic heterocycles. The van der Waals surface area contributed by atoms with E-state index in [9.17, 15) is 4.79 Å². The quantitative estimate of drug-likeness (QED) is 0.551. The molecule has 0 saturated carbocycles. The standard InChI is InChI=1S/C21H17ClO2/c1-15(23)18-12-11-17(19-9-5-6-10-20(19)22)13-21(18)24-14-16-7-3-2-4-8-16/h2-13H,14H2,1H3. The van der Waals surface area contributed by atoms with Crippen molar-refractivity contribution in [1.82, 2.24) is 0 Å². The van der Waals surface area contributed by atoms with Gasteiger partial charge in [0.05, 0.1) is 5.56 Å². The van der Waals surface area contributed by atoms with Crippen molar-refractivity contribution >= 4 is 17.4 Å². The zero-order valence-electron chi connectivity index (χ0n) is 13.3. The number of hydrogen-bond acceptors (Lipinski definition) is 2. The number of rotatable bonds is 5. The molecular weight excluding hydrogens is 320 g/mol. The number of Topliss-reactive ketones (excluding diaryl/α,β-unsaturated/α-hetero) is 1. The predicted molar refractivity (Wildman–Crippen MR) is 97.7 cm³/mol. The molecular formula is C21H17ClO2. The second-order valence-corrected chi connectivity index (χ2v) is 5.93. The molecule has 120 valence electrons.